The highest BCUT2D eigenvalue weighted by atomic mass is 35.5. The van der Waals surface area contributed by atoms with Crippen molar-refractivity contribution in [1.29, 1.82) is 5.41 Å². The van der Waals surface area contributed by atoms with E-state index in [2.05, 4.69) is 10.1 Å². The molecule has 1 aromatic heterocycles. The lowest BCUT2D eigenvalue weighted by Gasteiger charge is -2.07. The van der Waals surface area contributed by atoms with Crippen molar-refractivity contribution >= 4 is 29.2 Å². The summed E-state index contributed by atoms with van der Waals surface area (Å²) in [6, 6.07) is 4.92. The van der Waals surface area contributed by atoms with E-state index in [1.165, 1.54) is 4.68 Å². The number of rotatable bonds is 3. The Morgan fingerprint density at radius 3 is 2.80 bits per heavy atom. The minimum absolute atomic E-state index is 0.124. The van der Waals surface area contributed by atoms with Gasteiger partial charge in [-0.15, -0.1) is 0 Å². The number of nitrogens with zero attached hydrogens (tertiary/aromatic N) is 2. The Morgan fingerprint density at radius 2 is 2.20 bits per heavy atom. The van der Waals surface area contributed by atoms with E-state index < -0.39 is 11.1 Å². The standard InChI is InChI=1S/C11H10ClN5O2S/c1-17-11(15-9(18)10(19)16-17)20-5-2-3-6(8(13)14)7(12)4-5/h2-4H,1H3,(H3,13,14)(H,16,19). The summed E-state index contributed by atoms with van der Waals surface area (Å²) in [5.74, 6) is -0.124. The molecule has 0 bridgehead atoms. The Hall–Kier alpha value is -2.06. The fourth-order valence-electron chi connectivity index (χ4n) is 1.44. The normalized spacial score (nSPS) is 10.5. The molecule has 0 aliphatic heterocycles. The summed E-state index contributed by atoms with van der Waals surface area (Å²) in [7, 11) is 1.57. The molecular weight excluding hydrogens is 302 g/mol. The lowest BCUT2D eigenvalue weighted by Crippen LogP contribution is -2.33. The van der Waals surface area contributed by atoms with Crippen molar-refractivity contribution in [3.05, 3.63) is 49.5 Å². The van der Waals surface area contributed by atoms with Crippen LogP contribution in [0.25, 0.3) is 0 Å². The monoisotopic (exact) mass is 311 g/mol. The number of halogens is 1. The molecule has 2 aromatic rings. The summed E-state index contributed by atoms with van der Waals surface area (Å²) in [6.45, 7) is 0. The van der Waals surface area contributed by atoms with Crippen LogP contribution in [0.5, 0.6) is 0 Å². The van der Waals surface area contributed by atoms with E-state index in [-0.39, 0.29) is 5.84 Å². The zero-order valence-electron chi connectivity index (χ0n) is 10.3. The van der Waals surface area contributed by atoms with E-state index in [0.29, 0.717) is 20.6 Å². The molecule has 104 valence electrons. The molecule has 0 atom stereocenters. The van der Waals surface area contributed by atoms with E-state index in [4.69, 9.17) is 22.7 Å². The Balaban J connectivity index is 2.38. The van der Waals surface area contributed by atoms with Gasteiger partial charge in [0.1, 0.15) is 5.84 Å². The largest absolute Gasteiger partial charge is 0.384 e. The topological polar surface area (TPSA) is 118 Å². The van der Waals surface area contributed by atoms with Gasteiger partial charge in [-0.05, 0) is 18.2 Å². The van der Waals surface area contributed by atoms with Crippen molar-refractivity contribution in [3.63, 3.8) is 0 Å². The summed E-state index contributed by atoms with van der Waals surface area (Å²) < 4.78 is 1.35. The van der Waals surface area contributed by atoms with Gasteiger partial charge in [0.2, 0.25) is 0 Å². The Labute approximate surface area is 122 Å². The number of nitrogen functional groups attached to an aromatic ring is 1. The van der Waals surface area contributed by atoms with Crippen LogP contribution in [0.2, 0.25) is 5.02 Å². The van der Waals surface area contributed by atoms with Crippen LogP contribution in [0, 0.1) is 5.41 Å². The number of amidine groups is 1. The zero-order chi connectivity index (χ0) is 14.9. The molecule has 0 aliphatic rings. The third kappa shape index (κ3) is 2.91. The minimum atomic E-state index is -0.850. The molecule has 0 unspecified atom stereocenters. The first kappa shape index (κ1) is 14.4. The van der Waals surface area contributed by atoms with E-state index >= 15 is 0 Å². The van der Waals surface area contributed by atoms with E-state index in [1.54, 1.807) is 25.2 Å². The molecule has 0 aliphatic carbocycles. The van der Waals surface area contributed by atoms with Crippen LogP contribution < -0.4 is 16.9 Å². The quantitative estimate of drug-likeness (QED) is 0.435. The Kier molecular flexibility index (Phi) is 3.96. The second kappa shape index (κ2) is 5.51. The molecule has 2 rings (SSSR count). The molecule has 0 saturated heterocycles. The van der Waals surface area contributed by atoms with Gasteiger partial charge in [0.15, 0.2) is 5.16 Å². The van der Waals surface area contributed by atoms with Crippen LogP contribution in [0.3, 0.4) is 0 Å². The first-order valence-electron chi connectivity index (χ1n) is 5.37. The van der Waals surface area contributed by atoms with Gasteiger partial charge in [0, 0.05) is 17.5 Å². The van der Waals surface area contributed by atoms with Gasteiger partial charge in [-0.1, -0.05) is 23.4 Å². The molecule has 0 amide bonds. The predicted molar refractivity (Wildman–Crippen MR) is 76.7 cm³/mol. The van der Waals surface area contributed by atoms with Crippen molar-refractivity contribution in [2.24, 2.45) is 12.8 Å². The number of aromatic amines is 1. The second-order valence-corrected chi connectivity index (χ2v) is 5.30. The van der Waals surface area contributed by atoms with Crippen LogP contribution in [-0.4, -0.2) is 20.6 Å². The van der Waals surface area contributed by atoms with Crippen molar-refractivity contribution in [2.75, 3.05) is 0 Å². The summed E-state index contributed by atoms with van der Waals surface area (Å²) in [4.78, 5) is 26.7. The SMILES string of the molecule is Cn1[nH]c(=O)c(=O)nc1Sc1ccc(C(=N)N)c(Cl)c1. The van der Waals surface area contributed by atoms with Gasteiger partial charge in [-0.2, -0.15) is 4.98 Å². The zero-order valence-corrected chi connectivity index (χ0v) is 11.9. The molecule has 9 heteroatoms. The predicted octanol–water partition coefficient (Wildman–Crippen LogP) is 0.557. The van der Waals surface area contributed by atoms with Gasteiger partial charge in [-0.25, -0.2) is 0 Å². The van der Waals surface area contributed by atoms with Crippen LogP contribution in [0.15, 0.2) is 37.8 Å². The molecular formula is C11H10ClN5O2S. The maximum atomic E-state index is 11.2. The molecule has 0 spiro atoms. The number of nitrogens with one attached hydrogen (secondary N) is 2. The first-order chi connectivity index (χ1) is 9.38. The van der Waals surface area contributed by atoms with Crippen LogP contribution in [-0.2, 0) is 7.05 Å². The van der Waals surface area contributed by atoms with Crippen molar-refractivity contribution in [3.8, 4) is 0 Å². The smallest absolute Gasteiger partial charge is 0.339 e. The van der Waals surface area contributed by atoms with Crippen LogP contribution in [0.4, 0.5) is 0 Å². The van der Waals surface area contributed by atoms with Gasteiger partial charge >= 0.3 is 11.1 Å². The fourth-order valence-corrected chi connectivity index (χ4v) is 2.62. The summed E-state index contributed by atoms with van der Waals surface area (Å²) in [6.07, 6.45) is 0. The average molecular weight is 312 g/mol. The fraction of sp³-hybridized carbons (Fsp3) is 0.0909. The molecule has 0 fully saturated rings. The van der Waals surface area contributed by atoms with Gasteiger partial charge in [0.25, 0.3) is 0 Å². The van der Waals surface area contributed by atoms with Crippen LogP contribution >= 0.6 is 23.4 Å². The van der Waals surface area contributed by atoms with E-state index in [0.717, 1.165) is 11.8 Å². The molecule has 0 radical (unpaired) electrons. The molecule has 7 nitrogen and oxygen atoms in total. The molecule has 4 N–H and O–H groups in total. The number of benzene rings is 1. The third-order valence-corrected chi connectivity index (χ3v) is 3.74. The summed E-state index contributed by atoms with van der Waals surface area (Å²) in [5, 5.41) is 10.3. The van der Waals surface area contributed by atoms with E-state index in [9.17, 15) is 9.59 Å². The highest BCUT2D eigenvalue weighted by Gasteiger charge is 2.09. The van der Waals surface area contributed by atoms with Crippen molar-refractivity contribution < 1.29 is 0 Å². The Bertz CT molecular complexity index is 798. The highest BCUT2D eigenvalue weighted by molar-refractivity contribution is 7.99. The van der Waals surface area contributed by atoms with Crippen molar-refractivity contribution in [1.82, 2.24) is 14.8 Å². The number of hydrogen-bond acceptors (Lipinski definition) is 5. The molecule has 20 heavy (non-hydrogen) atoms. The highest BCUT2D eigenvalue weighted by Crippen LogP contribution is 2.28. The Morgan fingerprint density at radius 1 is 1.50 bits per heavy atom. The number of hydrogen-bond donors (Lipinski definition) is 3. The number of aromatic nitrogens is 3. The maximum Gasteiger partial charge on any atom is 0.339 e. The van der Waals surface area contributed by atoms with Crippen molar-refractivity contribution in [2.45, 2.75) is 10.1 Å². The third-order valence-electron chi connectivity index (χ3n) is 2.39. The summed E-state index contributed by atoms with van der Waals surface area (Å²) in [5.41, 5.74) is 4.18. The summed E-state index contributed by atoms with van der Waals surface area (Å²) >= 11 is 7.16. The lowest BCUT2D eigenvalue weighted by molar-refractivity contribution is 0.596. The van der Waals surface area contributed by atoms with E-state index in [1.807, 2.05) is 0 Å². The van der Waals surface area contributed by atoms with Gasteiger partial charge in [-0.3, -0.25) is 24.8 Å². The first-order valence-corrected chi connectivity index (χ1v) is 6.57. The number of nitrogens with two attached hydrogens (primary N) is 1. The maximum absolute atomic E-state index is 11.2. The second-order valence-electron chi connectivity index (χ2n) is 3.86. The molecule has 1 aromatic carbocycles. The minimum Gasteiger partial charge on any atom is -0.384 e. The molecule has 1 heterocycles. The van der Waals surface area contributed by atoms with Gasteiger partial charge in [0.05, 0.1) is 5.02 Å². The van der Waals surface area contributed by atoms with Gasteiger partial charge < -0.3 is 5.73 Å². The lowest BCUT2D eigenvalue weighted by atomic mass is 10.2. The molecule has 0 saturated carbocycles. The number of aryl methyl sites for hydroxylation is 1. The number of H-pyrrole nitrogens is 1. The average Bonchev–Trinajstić information content (AvgIpc) is 2.35. The van der Waals surface area contributed by atoms with Crippen LogP contribution in [0.1, 0.15) is 5.56 Å².